The molecule has 0 saturated carbocycles. The maximum absolute atomic E-state index is 13.5. The summed E-state index contributed by atoms with van der Waals surface area (Å²) >= 11 is 0. The van der Waals surface area contributed by atoms with E-state index in [1.165, 1.54) is 10.1 Å². The minimum absolute atomic E-state index is 0.0778. The van der Waals surface area contributed by atoms with Crippen LogP contribution in [0.25, 0.3) is 16.9 Å². The smallest absolute Gasteiger partial charge is 0.320 e. The van der Waals surface area contributed by atoms with Gasteiger partial charge in [-0.2, -0.15) is 0 Å². The Morgan fingerprint density at radius 3 is 2.24 bits per heavy atom. The zero-order valence-electron chi connectivity index (χ0n) is 20.3. The highest BCUT2D eigenvalue weighted by Gasteiger charge is 2.21. The van der Waals surface area contributed by atoms with Crippen LogP contribution in [0, 0.1) is 12.8 Å². The summed E-state index contributed by atoms with van der Waals surface area (Å²) in [6.07, 6.45) is 1.66. The van der Waals surface area contributed by atoms with Gasteiger partial charge in [-0.05, 0) is 41.0 Å². The molecular weight excluding hydrogens is 412 g/mol. The van der Waals surface area contributed by atoms with Gasteiger partial charge in [-0.3, -0.25) is 9.36 Å². The number of aryl methyl sites for hydroxylation is 1. The minimum atomic E-state index is -0.352. The number of aromatic nitrogens is 4. The third-order valence-corrected chi connectivity index (χ3v) is 5.98. The number of nitrogens with zero attached hydrogens (tertiary/aromatic N) is 4. The van der Waals surface area contributed by atoms with E-state index >= 15 is 0 Å². The highest BCUT2D eigenvalue weighted by molar-refractivity contribution is 5.73. The molecule has 6 nitrogen and oxygen atoms in total. The molecule has 0 spiro atoms. The average molecular weight is 445 g/mol. The fourth-order valence-corrected chi connectivity index (χ4v) is 4.16. The van der Waals surface area contributed by atoms with E-state index in [9.17, 15) is 9.59 Å². The molecule has 0 radical (unpaired) electrons. The molecule has 0 saturated heterocycles. The Labute approximate surface area is 194 Å². The van der Waals surface area contributed by atoms with Crippen LogP contribution in [0.5, 0.6) is 0 Å². The van der Waals surface area contributed by atoms with Gasteiger partial charge in [-0.15, -0.1) is 0 Å². The fraction of sp³-hybridized carbons (Fsp3) is 0.370. The van der Waals surface area contributed by atoms with E-state index in [1.807, 2.05) is 49.6 Å². The van der Waals surface area contributed by atoms with Gasteiger partial charge in [0.1, 0.15) is 0 Å². The summed E-state index contributed by atoms with van der Waals surface area (Å²) in [5.74, 6) is 0.152. The molecule has 0 atom stereocenters. The van der Waals surface area contributed by atoms with Gasteiger partial charge >= 0.3 is 5.69 Å². The molecule has 2 aromatic carbocycles. The molecule has 33 heavy (non-hydrogen) atoms. The van der Waals surface area contributed by atoms with Crippen molar-refractivity contribution in [1.82, 2.24) is 18.7 Å². The average Bonchev–Trinajstić information content (AvgIpc) is 3.15. The van der Waals surface area contributed by atoms with Gasteiger partial charge in [-0.1, -0.05) is 77.1 Å². The van der Waals surface area contributed by atoms with Crippen LogP contribution in [0.4, 0.5) is 0 Å². The molecular formula is C27H32N4O2. The van der Waals surface area contributed by atoms with Crippen molar-refractivity contribution in [1.29, 1.82) is 0 Å². The van der Waals surface area contributed by atoms with Crippen molar-refractivity contribution in [2.24, 2.45) is 5.92 Å². The maximum Gasteiger partial charge on any atom is 0.337 e. The number of para-hydroxylation sites is 1. The molecule has 0 aliphatic rings. The van der Waals surface area contributed by atoms with E-state index in [2.05, 4.69) is 50.0 Å². The van der Waals surface area contributed by atoms with Crippen molar-refractivity contribution >= 4 is 11.2 Å². The van der Waals surface area contributed by atoms with Gasteiger partial charge in [-0.25, -0.2) is 14.3 Å². The monoisotopic (exact) mass is 444 g/mol. The molecule has 0 bridgehead atoms. The Balaban J connectivity index is 1.92. The van der Waals surface area contributed by atoms with Crippen molar-refractivity contribution < 1.29 is 0 Å². The van der Waals surface area contributed by atoms with Gasteiger partial charge < -0.3 is 4.57 Å². The number of benzene rings is 2. The number of hydrogen-bond donors (Lipinski definition) is 0. The van der Waals surface area contributed by atoms with Crippen molar-refractivity contribution in [3.63, 3.8) is 0 Å². The second kappa shape index (κ2) is 8.50. The van der Waals surface area contributed by atoms with Crippen LogP contribution < -0.4 is 11.2 Å². The summed E-state index contributed by atoms with van der Waals surface area (Å²) in [4.78, 5) is 31.5. The summed E-state index contributed by atoms with van der Waals surface area (Å²) in [5.41, 5.74) is 4.29. The predicted molar refractivity (Wildman–Crippen MR) is 133 cm³/mol. The first-order valence-electron chi connectivity index (χ1n) is 11.4. The lowest BCUT2D eigenvalue weighted by Crippen LogP contribution is -2.41. The number of hydrogen-bond acceptors (Lipinski definition) is 3. The highest BCUT2D eigenvalue weighted by atomic mass is 16.2. The molecule has 172 valence electrons. The Morgan fingerprint density at radius 1 is 0.970 bits per heavy atom. The van der Waals surface area contributed by atoms with Gasteiger partial charge in [0.25, 0.3) is 5.56 Å². The molecule has 6 heteroatoms. The molecule has 0 aliphatic heterocycles. The minimum Gasteiger partial charge on any atom is -0.320 e. The summed E-state index contributed by atoms with van der Waals surface area (Å²) in [7, 11) is 0. The SMILES string of the molecule is Cc1ccccc1-n1c(=O)n(CC(C)C)c(=O)c2c1ncn2Cc1ccc(C(C)(C)C)cc1. The van der Waals surface area contributed by atoms with Crippen LogP contribution in [0.2, 0.25) is 0 Å². The van der Waals surface area contributed by atoms with Crippen molar-refractivity contribution in [3.05, 3.63) is 92.4 Å². The number of fused-ring (bicyclic) bond motifs is 1. The van der Waals surface area contributed by atoms with Gasteiger partial charge in [0.05, 0.1) is 12.0 Å². The Bertz CT molecular complexity index is 1410. The normalized spacial score (nSPS) is 12.1. The van der Waals surface area contributed by atoms with Crippen molar-refractivity contribution in [2.45, 2.75) is 60.0 Å². The van der Waals surface area contributed by atoms with Crippen LogP contribution >= 0.6 is 0 Å². The van der Waals surface area contributed by atoms with E-state index in [-0.39, 0.29) is 22.6 Å². The van der Waals surface area contributed by atoms with Crippen LogP contribution in [0.3, 0.4) is 0 Å². The van der Waals surface area contributed by atoms with Gasteiger partial charge in [0.2, 0.25) is 0 Å². The molecule has 0 amide bonds. The zero-order valence-corrected chi connectivity index (χ0v) is 20.3. The van der Waals surface area contributed by atoms with Gasteiger partial charge in [0.15, 0.2) is 11.2 Å². The topological polar surface area (TPSA) is 61.8 Å². The molecule has 0 N–H and O–H groups in total. The van der Waals surface area contributed by atoms with E-state index < -0.39 is 0 Å². The third-order valence-electron chi connectivity index (χ3n) is 5.98. The summed E-state index contributed by atoms with van der Waals surface area (Å²) < 4.78 is 4.78. The second-order valence-electron chi connectivity index (χ2n) is 10.2. The first-order valence-corrected chi connectivity index (χ1v) is 11.4. The van der Waals surface area contributed by atoms with Crippen LogP contribution in [0.15, 0.2) is 64.4 Å². The Kier molecular flexibility index (Phi) is 5.87. The first-order chi connectivity index (χ1) is 15.6. The Hall–Kier alpha value is -3.41. The van der Waals surface area contributed by atoms with Crippen molar-refractivity contribution in [2.75, 3.05) is 0 Å². The number of imidazole rings is 1. The summed E-state index contributed by atoms with van der Waals surface area (Å²) in [5, 5.41) is 0. The summed E-state index contributed by atoms with van der Waals surface area (Å²) in [6, 6.07) is 16.1. The lowest BCUT2D eigenvalue weighted by atomic mass is 9.87. The first kappa shape index (κ1) is 22.8. The molecule has 0 fully saturated rings. The zero-order chi connectivity index (χ0) is 23.9. The van der Waals surface area contributed by atoms with Gasteiger partial charge in [0, 0.05) is 13.1 Å². The predicted octanol–water partition coefficient (Wildman–Crippen LogP) is 4.66. The summed E-state index contributed by atoms with van der Waals surface area (Å²) in [6.45, 7) is 13.4. The fourth-order valence-electron chi connectivity index (χ4n) is 4.16. The quantitative estimate of drug-likeness (QED) is 0.450. The van der Waals surface area contributed by atoms with E-state index in [0.717, 1.165) is 16.8 Å². The van der Waals surface area contributed by atoms with Crippen molar-refractivity contribution in [3.8, 4) is 5.69 Å². The second-order valence-corrected chi connectivity index (χ2v) is 10.2. The Morgan fingerprint density at radius 2 is 1.64 bits per heavy atom. The van der Waals surface area contributed by atoms with Crippen LogP contribution in [0.1, 0.15) is 51.3 Å². The van der Waals surface area contributed by atoms with Crippen LogP contribution in [-0.4, -0.2) is 18.7 Å². The molecule has 4 rings (SSSR count). The standard InChI is InChI=1S/C27H32N4O2/c1-18(2)15-30-25(32)23-24(31(26(30)33)22-10-8-7-9-19(22)3)28-17-29(23)16-20-11-13-21(14-12-20)27(4,5)6/h7-14,17-18H,15-16H2,1-6H3. The molecule has 2 aromatic heterocycles. The molecule has 4 aromatic rings. The van der Waals surface area contributed by atoms with Crippen LogP contribution in [-0.2, 0) is 18.5 Å². The molecule has 2 heterocycles. The third kappa shape index (κ3) is 4.30. The lowest BCUT2D eigenvalue weighted by molar-refractivity contribution is 0.488. The van der Waals surface area contributed by atoms with E-state index in [0.29, 0.717) is 24.3 Å². The molecule has 0 aliphatic carbocycles. The number of rotatable bonds is 5. The maximum atomic E-state index is 13.5. The van der Waals surface area contributed by atoms with E-state index in [1.54, 1.807) is 10.9 Å². The highest BCUT2D eigenvalue weighted by Crippen LogP contribution is 2.23. The largest absolute Gasteiger partial charge is 0.337 e. The van der Waals surface area contributed by atoms with E-state index in [4.69, 9.17) is 0 Å². The lowest BCUT2D eigenvalue weighted by Gasteiger charge is -2.19. The molecule has 0 unspecified atom stereocenters.